The third kappa shape index (κ3) is 4.65. The van der Waals surface area contributed by atoms with E-state index in [0.29, 0.717) is 0 Å². The molecule has 3 rings (SSSR count). The lowest BCUT2D eigenvalue weighted by Gasteiger charge is -2.17. The van der Waals surface area contributed by atoms with Gasteiger partial charge in [0.1, 0.15) is 5.83 Å². The summed E-state index contributed by atoms with van der Waals surface area (Å²) in [7, 11) is 6.02. The molecule has 0 saturated carbocycles. The summed E-state index contributed by atoms with van der Waals surface area (Å²) in [5.41, 5.74) is 12.9. The Morgan fingerprint density at radius 2 is 1.94 bits per heavy atom. The smallest absolute Gasteiger partial charge is 0.117 e. The third-order valence-electron chi connectivity index (χ3n) is 5.62. The number of fused-ring (bicyclic) bond motifs is 1. The van der Waals surface area contributed by atoms with Crippen LogP contribution in [0, 0.1) is 6.92 Å². The van der Waals surface area contributed by atoms with E-state index in [2.05, 4.69) is 60.5 Å². The highest BCUT2D eigenvalue weighted by Gasteiger charge is 2.18. The third-order valence-corrected chi connectivity index (χ3v) is 6.38. The first-order valence-electron chi connectivity index (χ1n) is 10.2. The van der Waals surface area contributed by atoms with Gasteiger partial charge >= 0.3 is 0 Å². The number of hydrogen-bond acceptors (Lipinski definition) is 4. The topological polar surface area (TPSA) is 37.4 Å². The minimum Gasteiger partial charge on any atom is -0.378 e. The van der Waals surface area contributed by atoms with Crippen LogP contribution in [0.15, 0.2) is 60.9 Å². The van der Waals surface area contributed by atoms with E-state index >= 15 is 0 Å². The van der Waals surface area contributed by atoms with Gasteiger partial charge in [0.25, 0.3) is 0 Å². The van der Waals surface area contributed by atoms with Crippen LogP contribution >= 0.6 is 11.9 Å². The molecule has 4 nitrogen and oxygen atoms in total. The van der Waals surface area contributed by atoms with Crippen molar-refractivity contribution < 1.29 is 4.39 Å². The highest BCUT2D eigenvalue weighted by molar-refractivity contribution is 7.99. The molecular weight excluding hydrogens is 407 g/mol. The number of benzene rings is 2. The van der Waals surface area contributed by atoms with Crippen LogP contribution in [-0.2, 0) is 6.54 Å². The second-order valence-corrected chi connectivity index (χ2v) is 8.65. The van der Waals surface area contributed by atoms with Gasteiger partial charge in [0.05, 0.1) is 6.54 Å². The van der Waals surface area contributed by atoms with Crippen molar-refractivity contribution >= 4 is 34.2 Å². The number of aromatic nitrogens is 1. The van der Waals surface area contributed by atoms with E-state index in [-0.39, 0.29) is 18.9 Å². The standard InChI is InChI=1S/C25H31FN4S/c1-17(28(3)4)19-10-11-24-23(15-19)25(18(2)30(24)16-21(26)12-13-27)20-8-7-9-22(14-20)29(5)31-6/h7-12,14-15H,1,13,16,27H2,2-6H3/b21-12-. The van der Waals surface area contributed by atoms with Crippen LogP contribution in [-0.4, -0.2) is 43.4 Å². The van der Waals surface area contributed by atoms with Gasteiger partial charge in [-0.2, -0.15) is 0 Å². The molecule has 0 amide bonds. The number of rotatable bonds is 8. The van der Waals surface area contributed by atoms with Crippen LogP contribution in [0.25, 0.3) is 27.7 Å². The number of nitrogens with zero attached hydrogens (tertiary/aromatic N) is 3. The van der Waals surface area contributed by atoms with Crippen LogP contribution < -0.4 is 10.0 Å². The molecule has 0 radical (unpaired) electrons. The molecule has 0 fully saturated rings. The van der Waals surface area contributed by atoms with Gasteiger partial charge in [-0.05, 0) is 48.4 Å². The fraction of sp³-hybridized carbons (Fsp3) is 0.280. The summed E-state index contributed by atoms with van der Waals surface area (Å²) in [6.45, 7) is 6.61. The minimum atomic E-state index is -0.230. The van der Waals surface area contributed by atoms with Gasteiger partial charge in [-0.25, -0.2) is 4.39 Å². The summed E-state index contributed by atoms with van der Waals surface area (Å²) in [6, 6.07) is 14.7. The Morgan fingerprint density at radius 1 is 1.19 bits per heavy atom. The summed E-state index contributed by atoms with van der Waals surface area (Å²) >= 11 is 1.66. The Morgan fingerprint density at radius 3 is 2.58 bits per heavy atom. The summed E-state index contributed by atoms with van der Waals surface area (Å²) in [5.74, 6) is -0.230. The highest BCUT2D eigenvalue weighted by Crippen LogP contribution is 2.38. The average Bonchev–Trinajstić information content (AvgIpc) is 3.03. The molecule has 0 aliphatic rings. The van der Waals surface area contributed by atoms with Gasteiger partial charge in [0, 0.05) is 67.5 Å². The predicted molar refractivity (Wildman–Crippen MR) is 135 cm³/mol. The molecule has 2 N–H and O–H groups in total. The second kappa shape index (κ2) is 9.62. The van der Waals surface area contributed by atoms with Crippen LogP contribution in [0.5, 0.6) is 0 Å². The number of allylic oxidation sites excluding steroid dienone is 1. The zero-order chi connectivity index (χ0) is 22.7. The fourth-order valence-electron chi connectivity index (χ4n) is 3.79. The Labute approximate surface area is 189 Å². The molecule has 164 valence electrons. The molecule has 0 aliphatic carbocycles. The first-order valence-corrected chi connectivity index (χ1v) is 11.4. The van der Waals surface area contributed by atoms with Gasteiger partial charge in [-0.3, -0.25) is 0 Å². The lowest BCUT2D eigenvalue weighted by atomic mass is 9.99. The number of nitrogens with two attached hydrogens (primary N) is 1. The second-order valence-electron chi connectivity index (χ2n) is 7.74. The summed E-state index contributed by atoms with van der Waals surface area (Å²) < 4.78 is 18.6. The van der Waals surface area contributed by atoms with E-state index in [1.54, 1.807) is 11.9 Å². The lowest BCUT2D eigenvalue weighted by molar-refractivity contribution is 0.555. The molecule has 2 aromatic carbocycles. The molecule has 0 aliphatic heterocycles. The van der Waals surface area contributed by atoms with E-state index in [9.17, 15) is 4.39 Å². The number of halogens is 1. The van der Waals surface area contributed by atoms with Gasteiger partial charge in [-0.15, -0.1) is 0 Å². The van der Waals surface area contributed by atoms with Gasteiger partial charge in [-0.1, -0.05) is 36.7 Å². The van der Waals surface area contributed by atoms with Crippen molar-refractivity contribution in [2.75, 3.05) is 38.2 Å². The molecule has 0 saturated heterocycles. The largest absolute Gasteiger partial charge is 0.378 e. The fourth-order valence-corrected chi connectivity index (χ4v) is 4.12. The van der Waals surface area contributed by atoms with Crippen molar-refractivity contribution in [1.29, 1.82) is 0 Å². The molecule has 0 spiro atoms. The Balaban J connectivity index is 2.27. The summed E-state index contributed by atoms with van der Waals surface area (Å²) in [6.07, 6.45) is 3.48. The van der Waals surface area contributed by atoms with Crippen LogP contribution in [0.2, 0.25) is 0 Å². The van der Waals surface area contributed by atoms with Crippen molar-refractivity contribution in [3.8, 4) is 11.1 Å². The molecule has 0 bridgehead atoms. The van der Waals surface area contributed by atoms with Crippen molar-refractivity contribution in [3.05, 3.63) is 72.2 Å². The van der Waals surface area contributed by atoms with E-state index in [4.69, 9.17) is 5.73 Å². The maximum absolute atomic E-state index is 14.5. The van der Waals surface area contributed by atoms with Crippen molar-refractivity contribution in [1.82, 2.24) is 9.47 Å². The maximum atomic E-state index is 14.5. The van der Waals surface area contributed by atoms with Gasteiger partial charge in [0.2, 0.25) is 0 Å². The molecule has 31 heavy (non-hydrogen) atoms. The van der Waals surface area contributed by atoms with Gasteiger partial charge in [0.15, 0.2) is 0 Å². The first-order chi connectivity index (χ1) is 14.8. The Bertz CT molecular complexity index is 1130. The van der Waals surface area contributed by atoms with Crippen molar-refractivity contribution in [2.45, 2.75) is 13.5 Å². The lowest BCUT2D eigenvalue weighted by Crippen LogP contribution is -2.08. The summed E-state index contributed by atoms with van der Waals surface area (Å²) in [4.78, 5) is 2.00. The normalized spacial score (nSPS) is 11.8. The molecule has 1 aromatic heterocycles. The van der Waals surface area contributed by atoms with E-state index in [1.165, 1.54) is 6.08 Å². The molecular formula is C25H31FN4S. The van der Waals surface area contributed by atoms with E-state index < -0.39 is 0 Å². The maximum Gasteiger partial charge on any atom is 0.117 e. The van der Waals surface area contributed by atoms with Gasteiger partial charge < -0.3 is 19.5 Å². The van der Waals surface area contributed by atoms with Crippen molar-refractivity contribution in [3.63, 3.8) is 0 Å². The minimum absolute atomic E-state index is 0.165. The number of hydrogen-bond donors (Lipinski definition) is 1. The first kappa shape index (κ1) is 23.0. The molecule has 0 atom stereocenters. The SMILES string of the molecule is C=C(c1ccc2c(c1)c(-c1cccc(N(C)SC)c1)c(C)n2C/C(F)=C/CN)N(C)C. The highest BCUT2D eigenvalue weighted by atomic mass is 32.2. The average molecular weight is 439 g/mol. The zero-order valence-corrected chi connectivity index (χ0v) is 19.8. The molecule has 6 heteroatoms. The predicted octanol–water partition coefficient (Wildman–Crippen LogP) is 5.68. The van der Waals surface area contributed by atoms with Crippen LogP contribution in [0.4, 0.5) is 10.1 Å². The van der Waals surface area contributed by atoms with E-state index in [0.717, 1.165) is 44.7 Å². The van der Waals surface area contributed by atoms with Crippen LogP contribution in [0.3, 0.4) is 0 Å². The number of anilines is 1. The van der Waals surface area contributed by atoms with Crippen molar-refractivity contribution in [2.24, 2.45) is 5.73 Å². The molecule has 3 aromatic rings. The monoisotopic (exact) mass is 438 g/mol. The van der Waals surface area contributed by atoms with Crippen LogP contribution in [0.1, 0.15) is 11.3 Å². The zero-order valence-electron chi connectivity index (χ0n) is 18.9. The Hall–Kier alpha value is -2.70. The Kier molecular flexibility index (Phi) is 7.13. The molecule has 1 heterocycles. The van der Waals surface area contributed by atoms with E-state index in [1.807, 2.05) is 36.7 Å². The quantitative estimate of drug-likeness (QED) is 0.460. The molecule has 0 unspecified atom stereocenters. The summed E-state index contributed by atoms with van der Waals surface area (Å²) in [5, 5.41) is 1.09.